The summed E-state index contributed by atoms with van der Waals surface area (Å²) in [6.07, 6.45) is 0. The summed E-state index contributed by atoms with van der Waals surface area (Å²) >= 11 is 5.98. The molecule has 5 heteroatoms. The quantitative estimate of drug-likeness (QED) is 0.855. The van der Waals surface area contributed by atoms with Crippen LogP contribution >= 0.6 is 11.6 Å². The van der Waals surface area contributed by atoms with E-state index in [4.69, 9.17) is 21.1 Å². The van der Waals surface area contributed by atoms with Gasteiger partial charge in [0.1, 0.15) is 11.5 Å². The molecule has 0 aliphatic heterocycles. The number of carbonyl (C=O) groups is 1. The van der Waals surface area contributed by atoms with Crippen LogP contribution in [0.5, 0.6) is 11.5 Å². The highest BCUT2D eigenvalue weighted by Gasteiger charge is 2.21. The van der Waals surface area contributed by atoms with Gasteiger partial charge in [-0.2, -0.15) is 0 Å². The predicted octanol–water partition coefficient (Wildman–Crippen LogP) is 4.04. The van der Waals surface area contributed by atoms with Crippen LogP contribution in [0.2, 0.25) is 5.02 Å². The first-order valence-corrected chi connectivity index (χ1v) is 6.73. The van der Waals surface area contributed by atoms with Crippen LogP contribution in [0.4, 0.5) is 11.4 Å². The molecule has 0 spiro atoms. The molecule has 0 saturated heterocycles. The summed E-state index contributed by atoms with van der Waals surface area (Å²) in [5, 5.41) is 0.541. The van der Waals surface area contributed by atoms with Crippen LogP contribution in [0.25, 0.3) is 0 Å². The molecular weight excluding hydrogens is 290 g/mol. The third kappa shape index (κ3) is 3.11. The summed E-state index contributed by atoms with van der Waals surface area (Å²) in [5.74, 6) is 0.966. The second-order valence-electron chi connectivity index (χ2n) is 4.34. The fourth-order valence-electron chi connectivity index (χ4n) is 2.12. The fourth-order valence-corrected chi connectivity index (χ4v) is 2.28. The second kappa shape index (κ2) is 6.50. The van der Waals surface area contributed by atoms with E-state index in [-0.39, 0.29) is 5.91 Å². The van der Waals surface area contributed by atoms with Gasteiger partial charge in [-0.3, -0.25) is 9.69 Å². The lowest BCUT2D eigenvalue weighted by Crippen LogP contribution is -2.23. The Morgan fingerprint density at radius 3 is 2.24 bits per heavy atom. The van der Waals surface area contributed by atoms with E-state index in [9.17, 15) is 4.79 Å². The van der Waals surface area contributed by atoms with Crippen LogP contribution < -0.4 is 14.4 Å². The van der Waals surface area contributed by atoms with E-state index in [1.54, 1.807) is 31.4 Å². The number of methoxy groups -OCH3 is 2. The first-order chi connectivity index (χ1) is 10.1. The molecule has 0 heterocycles. The Bertz CT molecular complexity index is 658. The molecule has 2 aromatic carbocycles. The standard InChI is InChI=1S/C16H16ClNO3/c1-11(19)18(13-6-4-5-7-15(13)20-2)14-9-8-12(17)10-16(14)21-3/h4-10H,1-3H3. The molecule has 0 aliphatic carbocycles. The van der Waals surface area contributed by atoms with Crippen molar-refractivity contribution in [2.24, 2.45) is 0 Å². The SMILES string of the molecule is COc1ccccc1N(C(C)=O)c1ccc(Cl)cc1OC. The van der Waals surface area contributed by atoms with Gasteiger partial charge >= 0.3 is 0 Å². The first-order valence-electron chi connectivity index (χ1n) is 6.35. The molecule has 0 fully saturated rings. The Balaban J connectivity index is 2.62. The number of carbonyl (C=O) groups excluding carboxylic acids is 1. The van der Waals surface area contributed by atoms with Crippen molar-refractivity contribution in [1.82, 2.24) is 0 Å². The minimum absolute atomic E-state index is 0.153. The molecule has 0 bridgehead atoms. The van der Waals surface area contributed by atoms with Crippen LogP contribution in [-0.2, 0) is 4.79 Å². The lowest BCUT2D eigenvalue weighted by Gasteiger charge is -2.25. The van der Waals surface area contributed by atoms with Gasteiger partial charge in [0.15, 0.2) is 0 Å². The molecular formula is C16H16ClNO3. The predicted molar refractivity (Wildman–Crippen MR) is 83.8 cm³/mol. The van der Waals surface area contributed by atoms with Gasteiger partial charge in [0.05, 0.1) is 25.6 Å². The van der Waals surface area contributed by atoms with Gasteiger partial charge in [-0.1, -0.05) is 23.7 Å². The smallest absolute Gasteiger partial charge is 0.228 e. The van der Waals surface area contributed by atoms with Crippen molar-refractivity contribution >= 4 is 28.9 Å². The van der Waals surface area contributed by atoms with E-state index in [1.165, 1.54) is 18.9 Å². The molecule has 0 aliphatic rings. The topological polar surface area (TPSA) is 38.8 Å². The Hall–Kier alpha value is -2.20. The number of hydrogen-bond donors (Lipinski definition) is 0. The van der Waals surface area contributed by atoms with Crippen molar-refractivity contribution in [1.29, 1.82) is 0 Å². The van der Waals surface area contributed by atoms with E-state index in [0.717, 1.165) is 0 Å². The van der Waals surface area contributed by atoms with E-state index >= 15 is 0 Å². The number of halogens is 1. The summed E-state index contributed by atoms with van der Waals surface area (Å²) < 4.78 is 10.7. The summed E-state index contributed by atoms with van der Waals surface area (Å²) in [4.78, 5) is 13.7. The molecule has 1 amide bonds. The highest BCUT2D eigenvalue weighted by molar-refractivity contribution is 6.30. The lowest BCUT2D eigenvalue weighted by atomic mass is 10.2. The molecule has 110 valence electrons. The molecule has 0 unspecified atom stereocenters. The van der Waals surface area contributed by atoms with Crippen LogP contribution in [0.3, 0.4) is 0 Å². The van der Waals surface area contributed by atoms with Gasteiger partial charge in [0, 0.05) is 18.0 Å². The zero-order valence-corrected chi connectivity index (χ0v) is 12.8. The summed E-state index contributed by atoms with van der Waals surface area (Å²) in [6.45, 7) is 1.49. The molecule has 0 aromatic heterocycles. The largest absolute Gasteiger partial charge is 0.495 e. The Labute approximate surface area is 128 Å². The zero-order valence-electron chi connectivity index (χ0n) is 12.1. The summed E-state index contributed by atoms with van der Waals surface area (Å²) in [7, 11) is 3.10. The van der Waals surface area contributed by atoms with Gasteiger partial charge in [-0.15, -0.1) is 0 Å². The average Bonchev–Trinajstić information content (AvgIpc) is 2.49. The molecule has 0 radical (unpaired) electrons. The zero-order chi connectivity index (χ0) is 15.4. The first kappa shape index (κ1) is 15.2. The lowest BCUT2D eigenvalue weighted by molar-refractivity contribution is -0.115. The maximum absolute atomic E-state index is 12.1. The summed E-state index contributed by atoms with van der Waals surface area (Å²) in [6, 6.07) is 12.4. The Morgan fingerprint density at radius 2 is 1.62 bits per heavy atom. The molecule has 0 saturated carbocycles. The average molecular weight is 306 g/mol. The van der Waals surface area contributed by atoms with Crippen LogP contribution in [0.1, 0.15) is 6.92 Å². The maximum Gasteiger partial charge on any atom is 0.228 e. The van der Waals surface area contributed by atoms with Crippen molar-refractivity contribution in [3.05, 3.63) is 47.5 Å². The third-order valence-corrected chi connectivity index (χ3v) is 3.26. The minimum atomic E-state index is -0.153. The Kier molecular flexibility index (Phi) is 4.70. The van der Waals surface area contributed by atoms with E-state index in [0.29, 0.717) is 27.9 Å². The highest BCUT2D eigenvalue weighted by Crippen LogP contribution is 2.39. The molecule has 4 nitrogen and oxygen atoms in total. The summed E-state index contributed by atoms with van der Waals surface area (Å²) in [5.41, 5.74) is 1.26. The number of para-hydroxylation sites is 2. The van der Waals surface area contributed by atoms with E-state index in [1.807, 2.05) is 18.2 Å². The molecule has 0 atom stereocenters. The normalized spacial score (nSPS) is 10.1. The second-order valence-corrected chi connectivity index (χ2v) is 4.78. The number of nitrogens with zero attached hydrogens (tertiary/aromatic N) is 1. The number of amides is 1. The highest BCUT2D eigenvalue weighted by atomic mass is 35.5. The monoisotopic (exact) mass is 305 g/mol. The van der Waals surface area contributed by atoms with E-state index in [2.05, 4.69) is 0 Å². The number of ether oxygens (including phenoxy) is 2. The van der Waals surface area contributed by atoms with Gasteiger partial charge in [-0.25, -0.2) is 0 Å². The minimum Gasteiger partial charge on any atom is -0.495 e. The third-order valence-electron chi connectivity index (χ3n) is 3.02. The van der Waals surface area contributed by atoms with Crippen LogP contribution in [0.15, 0.2) is 42.5 Å². The van der Waals surface area contributed by atoms with Gasteiger partial charge in [0.25, 0.3) is 0 Å². The molecule has 0 N–H and O–H groups in total. The molecule has 21 heavy (non-hydrogen) atoms. The number of benzene rings is 2. The van der Waals surface area contributed by atoms with Crippen LogP contribution in [-0.4, -0.2) is 20.1 Å². The van der Waals surface area contributed by atoms with Crippen molar-refractivity contribution in [3.8, 4) is 11.5 Å². The van der Waals surface area contributed by atoms with Gasteiger partial charge in [0.2, 0.25) is 5.91 Å². The molecule has 2 rings (SSSR count). The van der Waals surface area contributed by atoms with E-state index < -0.39 is 0 Å². The van der Waals surface area contributed by atoms with Crippen molar-refractivity contribution < 1.29 is 14.3 Å². The van der Waals surface area contributed by atoms with Gasteiger partial charge < -0.3 is 9.47 Å². The number of anilines is 2. The van der Waals surface area contributed by atoms with Crippen molar-refractivity contribution in [2.75, 3.05) is 19.1 Å². The van der Waals surface area contributed by atoms with Gasteiger partial charge in [-0.05, 0) is 24.3 Å². The van der Waals surface area contributed by atoms with Crippen LogP contribution in [0, 0.1) is 0 Å². The van der Waals surface area contributed by atoms with Crippen molar-refractivity contribution in [3.63, 3.8) is 0 Å². The van der Waals surface area contributed by atoms with Crippen molar-refractivity contribution in [2.45, 2.75) is 6.92 Å². The maximum atomic E-state index is 12.1. The fraction of sp³-hybridized carbons (Fsp3) is 0.188. The Morgan fingerprint density at radius 1 is 1.00 bits per heavy atom. The molecule has 2 aromatic rings. The number of rotatable bonds is 4. The number of hydrogen-bond acceptors (Lipinski definition) is 3.